The number of rotatable bonds is 5. The average Bonchev–Trinajstić information content (AvgIpc) is 2.34. The lowest BCUT2D eigenvalue weighted by Gasteiger charge is -2.28. The third kappa shape index (κ3) is 4.52. The van der Waals surface area contributed by atoms with E-state index in [1.807, 2.05) is 6.92 Å². The molecule has 1 aromatic carbocycles. The van der Waals surface area contributed by atoms with E-state index in [2.05, 4.69) is 10.6 Å². The van der Waals surface area contributed by atoms with Gasteiger partial charge in [0.05, 0.1) is 12.1 Å². The van der Waals surface area contributed by atoms with Gasteiger partial charge < -0.3 is 15.7 Å². The van der Waals surface area contributed by atoms with Gasteiger partial charge in [0.2, 0.25) is 0 Å². The molecule has 0 radical (unpaired) electrons. The number of hydrogen-bond acceptors (Lipinski definition) is 2. The number of amides is 2. The van der Waals surface area contributed by atoms with Crippen molar-refractivity contribution in [3.8, 4) is 0 Å². The van der Waals surface area contributed by atoms with Gasteiger partial charge in [0, 0.05) is 5.69 Å². The number of aliphatic hydroxyl groups excluding tert-OH is 1. The van der Waals surface area contributed by atoms with Crippen LogP contribution in [0.15, 0.2) is 18.2 Å². The summed E-state index contributed by atoms with van der Waals surface area (Å²) in [4.78, 5) is 11.8. The quantitative estimate of drug-likeness (QED) is 0.769. The molecule has 1 atom stereocenters. The summed E-state index contributed by atoms with van der Waals surface area (Å²) in [6.45, 7) is 5.27. The first-order chi connectivity index (χ1) is 8.90. The van der Waals surface area contributed by atoms with E-state index >= 15 is 0 Å². The van der Waals surface area contributed by atoms with Crippen LogP contribution in [-0.4, -0.2) is 23.3 Å². The third-order valence-corrected chi connectivity index (χ3v) is 2.98. The minimum absolute atomic E-state index is 0.128. The fraction of sp³-hybridized carbons (Fsp3) is 0.500. The van der Waals surface area contributed by atoms with Gasteiger partial charge in [-0.05, 0) is 44.0 Å². The summed E-state index contributed by atoms with van der Waals surface area (Å²) in [6.07, 6.45) is 1.53. The normalized spacial score (nSPS) is 13.7. The number of hydrogen-bond donors (Lipinski definition) is 3. The Morgan fingerprint density at radius 2 is 2.16 bits per heavy atom. The minimum atomic E-state index is -0.645. The molecule has 1 rings (SSSR count). The van der Waals surface area contributed by atoms with Crippen LogP contribution < -0.4 is 10.6 Å². The molecule has 0 fully saturated rings. The molecule has 106 valence electrons. The number of aliphatic hydroxyl groups is 1. The molecule has 0 aliphatic carbocycles. The Morgan fingerprint density at radius 1 is 1.47 bits per heavy atom. The molecule has 2 amide bonds. The van der Waals surface area contributed by atoms with Crippen molar-refractivity contribution in [2.24, 2.45) is 0 Å². The average molecular weight is 268 g/mol. The van der Waals surface area contributed by atoms with Gasteiger partial charge in [-0.1, -0.05) is 13.3 Å². The maximum absolute atomic E-state index is 13.1. The molecule has 3 N–H and O–H groups in total. The summed E-state index contributed by atoms with van der Waals surface area (Å²) in [5, 5.41) is 14.7. The van der Waals surface area contributed by atoms with Crippen molar-refractivity contribution in [2.75, 3.05) is 11.9 Å². The third-order valence-electron chi connectivity index (χ3n) is 2.98. The molecule has 5 heteroatoms. The highest BCUT2D eigenvalue weighted by molar-refractivity contribution is 5.89. The van der Waals surface area contributed by atoms with E-state index in [1.165, 1.54) is 12.1 Å². The Balaban J connectivity index is 2.66. The Morgan fingerprint density at radius 3 is 2.68 bits per heavy atom. The molecule has 0 aliphatic heterocycles. The molecule has 0 saturated heterocycles. The van der Waals surface area contributed by atoms with Crippen molar-refractivity contribution in [1.82, 2.24) is 5.32 Å². The van der Waals surface area contributed by atoms with Gasteiger partial charge >= 0.3 is 6.03 Å². The van der Waals surface area contributed by atoms with Crippen LogP contribution in [0.25, 0.3) is 0 Å². The van der Waals surface area contributed by atoms with Gasteiger partial charge in [-0.25, -0.2) is 9.18 Å². The van der Waals surface area contributed by atoms with E-state index in [0.717, 1.165) is 6.42 Å². The van der Waals surface area contributed by atoms with Crippen LogP contribution in [0.5, 0.6) is 0 Å². The Kier molecular flexibility index (Phi) is 5.30. The second kappa shape index (κ2) is 6.52. The first-order valence-corrected chi connectivity index (χ1v) is 6.36. The zero-order valence-electron chi connectivity index (χ0n) is 11.6. The van der Waals surface area contributed by atoms with Crippen molar-refractivity contribution in [3.05, 3.63) is 29.6 Å². The molecule has 1 aromatic rings. The van der Waals surface area contributed by atoms with Crippen LogP contribution in [0.3, 0.4) is 0 Å². The van der Waals surface area contributed by atoms with E-state index in [4.69, 9.17) is 0 Å². The largest absolute Gasteiger partial charge is 0.394 e. The summed E-state index contributed by atoms with van der Waals surface area (Å²) in [6, 6.07) is 3.96. The standard InChI is InChI=1S/C14H21FN2O2/c1-4-7-14(3,9-18)17-13(19)16-11-5-6-12(15)10(2)8-11/h5-6,8,18H,4,7,9H2,1-3H3,(H2,16,17,19). The number of urea groups is 1. The van der Waals surface area contributed by atoms with Crippen molar-refractivity contribution < 1.29 is 14.3 Å². The minimum Gasteiger partial charge on any atom is -0.394 e. The number of anilines is 1. The lowest BCUT2D eigenvalue weighted by atomic mass is 9.98. The maximum atomic E-state index is 13.1. The van der Waals surface area contributed by atoms with E-state index in [-0.39, 0.29) is 12.4 Å². The second-order valence-electron chi connectivity index (χ2n) is 5.01. The maximum Gasteiger partial charge on any atom is 0.319 e. The van der Waals surface area contributed by atoms with Crippen LogP contribution in [0, 0.1) is 12.7 Å². The van der Waals surface area contributed by atoms with Crippen LogP contribution >= 0.6 is 0 Å². The topological polar surface area (TPSA) is 61.4 Å². The van der Waals surface area contributed by atoms with Crippen LogP contribution in [0.1, 0.15) is 32.3 Å². The number of benzene rings is 1. The molecule has 1 unspecified atom stereocenters. The molecule has 0 saturated carbocycles. The fourth-order valence-corrected chi connectivity index (χ4v) is 1.89. The van der Waals surface area contributed by atoms with Crippen molar-refractivity contribution in [2.45, 2.75) is 39.2 Å². The predicted molar refractivity (Wildman–Crippen MR) is 73.7 cm³/mol. The van der Waals surface area contributed by atoms with Crippen LogP contribution in [-0.2, 0) is 0 Å². The van der Waals surface area contributed by atoms with Crippen molar-refractivity contribution >= 4 is 11.7 Å². The predicted octanol–water partition coefficient (Wildman–Crippen LogP) is 2.81. The van der Waals surface area contributed by atoms with Crippen molar-refractivity contribution in [1.29, 1.82) is 0 Å². The smallest absolute Gasteiger partial charge is 0.319 e. The SMILES string of the molecule is CCCC(C)(CO)NC(=O)Nc1ccc(F)c(C)c1. The van der Waals surface area contributed by atoms with Gasteiger partial charge in [0.1, 0.15) is 5.82 Å². The van der Waals surface area contributed by atoms with Gasteiger partial charge in [0.25, 0.3) is 0 Å². The van der Waals surface area contributed by atoms with Gasteiger partial charge in [0.15, 0.2) is 0 Å². The Hall–Kier alpha value is -1.62. The Labute approximate surface area is 113 Å². The molecule has 19 heavy (non-hydrogen) atoms. The molecular formula is C14H21FN2O2. The zero-order valence-corrected chi connectivity index (χ0v) is 11.6. The summed E-state index contributed by atoms with van der Waals surface area (Å²) in [5.74, 6) is -0.308. The monoisotopic (exact) mass is 268 g/mol. The van der Waals surface area contributed by atoms with Crippen LogP contribution in [0.2, 0.25) is 0 Å². The molecule has 4 nitrogen and oxygen atoms in total. The molecule has 0 aromatic heterocycles. The van der Waals surface area contributed by atoms with E-state index in [1.54, 1.807) is 19.9 Å². The summed E-state index contributed by atoms with van der Waals surface area (Å²) in [7, 11) is 0. The molecule has 0 heterocycles. The fourth-order valence-electron chi connectivity index (χ4n) is 1.89. The molecule has 0 bridgehead atoms. The number of nitrogens with one attached hydrogen (secondary N) is 2. The van der Waals surface area contributed by atoms with Gasteiger partial charge in [-0.2, -0.15) is 0 Å². The molecular weight excluding hydrogens is 247 g/mol. The summed E-state index contributed by atoms with van der Waals surface area (Å²) < 4.78 is 13.1. The van der Waals surface area contributed by atoms with Crippen molar-refractivity contribution in [3.63, 3.8) is 0 Å². The molecule has 0 spiro atoms. The first kappa shape index (κ1) is 15.4. The molecule has 0 aliphatic rings. The first-order valence-electron chi connectivity index (χ1n) is 6.36. The zero-order chi connectivity index (χ0) is 14.5. The number of carbonyl (C=O) groups is 1. The lowest BCUT2D eigenvalue weighted by molar-refractivity contribution is 0.167. The highest BCUT2D eigenvalue weighted by Crippen LogP contribution is 2.15. The van der Waals surface area contributed by atoms with E-state index in [9.17, 15) is 14.3 Å². The summed E-state index contributed by atoms with van der Waals surface area (Å²) >= 11 is 0. The highest BCUT2D eigenvalue weighted by atomic mass is 19.1. The van der Waals surface area contributed by atoms with Gasteiger partial charge in [-0.3, -0.25) is 0 Å². The highest BCUT2D eigenvalue weighted by Gasteiger charge is 2.24. The number of carbonyl (C=O) groups excluding carboxylic acids is 1. The number of aryl methyl sites for hydroxylation is 1. The van der Waals surface area contributed by atoms with Crippen LogP contribution in [0.4, 0.5) is 14.9 Å². The lowest BCUT2D eigenvalue weighted by Crippen LogP contribution is -2.50. The van der Waals surface area contributed by atoms with E-state index in [0.29, 0.717) is 17.7 Å². The number of halogens is 1. The second-order valence-corrected chi connectivity index (χ2v) is 5.01. The van der Waals surface area contributed by atoms with E-state index < -0.39 is 11.6 Å². The summed E-state index contributed by atoms with van der Waals surface area (Å²) in [5.41, 5.74) is 0.345. The van der Waals surface area contributed by atoms with Gasteiger partial charge in [-0.15, -0.1) is 0 Å². The Bertz CT molecular complexity index is 451.